The summed E-state index contributed by atoms with van der Waals surface area (Å²) in [5.74, 6) is 0.722. The number of aliphatic hydroxyl groups is 1. The van der Waals surface area contributed by atoms with Crippen LogP contribution in [-0.4, -0.2) is 88.5 Å². The first-order valence-electron chi connectivity index (χ1n) is 10.8. The van der Waals surface area contributed by atoms with Crippen molar-refractivity contribution in [2.24, 2.45) is 0 Å². The van der Waals surface area contributed by atoms with Crippen molar-refractivity contribution < 1.29 is 29.0 Å². The standard InChI is InChI=1S/C14H26N4O4.C8H7NO2/c1-12(11-19)18(13(2)20)5-4-14-10-17(16-15-14)6-7-22-9-8-21-3;10-6-9-5-7-3-1-2-4-8(7)11-9/h10,12,19H,4-9,11H2,1-3H3;1-4,6H,5H2. The number of aliphatic hydroxyl groups excluding tert-OH is 1. The second-order valence-corrected chi connectivity index (χ2v) is 7.45. The van der Waals surface area contributed by atoms with Crippen LogP contribution in [0.25, 0.3) is 0 Å². The Morgan fingerprint density at radius 2 is 2.12 bits per heavy atom. The Morgan fingerprint density at radius 1 is 1.33 bits per heavy atom. The van der Waals surface area contributed by atoms with E-state index < -0.39 is 0 Å². The Kier molecular flexibility index (Phi) is 11.3. The molecule has 1 aliphatic heterocycles. The predicted octanol–water partition coefficient (Wildman–Crippen LogP) is 0.665. The molecule has 1 atom stereocenters. The molecule has 1 aromatic heterocycles. The van der Waals surface area contributed by atoms with Crippen LogP contribution in [0.4, 0.5) is 0 Å². The number of methoxy groups -OCH3 is 1. The lowest BCUT2D eigenvalue weighted by Crippen LogP contribution is -2.40. The maximum Gasteiger partial charge on any atom is 0.242 e. The van der Waals surface area contributed by atoms with Crippen LogP contribution in [-0.2, 0) is 38.6 Å². The molecule has 33 heavy (non-hydrogen) atoms. The molecule has 1 aliphatic rings. The maximum absolute atomic E-state index is 11.5. The molecule has 0 bridgehead atoms. The summed E-state index contributed by atoms with van der Waals surface area (Å²) in [6.45, 7) is 6.64. The summed E-state index contributed by atoms with van der Waals surface area (Å²) >= 11 is 0. The SMILES string of the molecule is COCCOCCn1cc(CCN(C(C)=O)C(C)CO)nn1.O=CN1Cc2ccccc2O1. The fourth-order valence-electron chi connectivity index (χ4n) is 3.10. The van der Waals surface area contributed by atoms with E-state index in [1.54, 1.807) is 16.7 Å². The number of hydrogen-bond donors (Lipinski definition) is 1. The second kappa shape index (κ2) is 14.2. The molecular formula is C22H33N5O6. The lowest BCUT2D eigenvalue weighted by molar-refractivity contribution is -0.139. The average molecular weight is 464 g/mol. The number of aromatic nitrogens is 3. The Morgan fingerprint density at radius 3 is 2.79 bits per heavy atom. The highest BCUT2D eigenvalue weighted by molar-refractivity contribution is 5.73. The van der Waals surface area contributed by atoms with Gasteiger partial charge in [0.15, 0.2) is 5.75 Å². The summed E-state index contributed by atoms with van der Waals surface area (Å²) in [4.78, 5) is 28.6. The number of benzene rings is 1. The molecule has 0 fully saturated rings. The van der Waals surface area contributed by atoms with Crippen LogP contribution in [0.1, 0.15) is 25.1 Å². The fourth-order valence-corrected chi connectivity index (χ4v) is 3.10. The van der Waals surface area contributed by atoms with Crippen molar-refractivity contribution in [3.05, 3.63) is 41.7 Å². The van der Waals surface area contributed by atoms with E-state index in [9.17, 15) is 9.59 Å². The topological polar surface area (TPSA) is 119 Å². The third-order valence-electron chi connectivity index (χ3n) is 4.92. The largest absolute Gasteiger partial charge is 0.394 e. The Hall–Kier alpha value is -3.02. The van der Waals surface area contributed by atoms with Crippen molar-refractivity contribution in [3.63, 3.8) is 0 Å². The van der Waals surface area contributed by atoms with Gasteiger partial charge in [-0.05, 0) is 13.0 Å². The molecule has 0 saturated heterocycles. The maximum atomic E-state index is 11.5. The number of amides is 2. The average Bonchev–Trinajstić information content (AvgIpc) is 3.45. The Balaban J connectivity index is 0.000000288. The highest BCUT2D eigenvalue weighted by Gasteiger charge is 2.18. The molecular weight excluding hydrogens is 430 g/mol. The normalized spacial score (nSPS) is 12.9. The van der Waals surface area contributed by atoms with E-state index in [1.807, 2.05) is 37.4 Å². The molecule has 182 valence electrons. The summed E-state index contributed by atoms with van der Waals surface area (Å²) in [7, 11) is 1.63. The molecule has 0 spiro atoms. The Bertz CT molecular complexity index is 836. The lowest BCUT2D eigenvalue weighted by Gasteiger charge is -2.26. The van der Waals surface area contributed by atoms with Gasteiger partial charge in [0.05, 0.1) is 51.3 Å². The van der Waals surface area contributed by atoms with E-state index in [-0.39, 0.29) is 18.6 Å². The third-order valence-corrected chi connectivity index (χ3v) is 4.92. The first-order valence-corrected chi connectivity index (χ1v) is 10.8. The first kappa shape index (κ1) is 26.2. The fraction of sp³-hybridized carbons (Fsp3) is 0.545. The van der Waals surface area contributed by atoms with Crippen LogP contribution in [0, 0.1) is 0 Å². The number of hydroxylamine groups is 2. The van der Waals surface area contributed by atoms with Crippen molar-refractivity contribution in [1.29, 1.82) is 0 Å². The van der Waals surface area contributed by atoms with Crippen molar-refractivity contribution in [2.45, 2.75) is 39.4 Å². The van der Waals surface area contributed by atoms with Crippen LogP contribution in [0.3, 0.4) is 0 Å². The van der Waals surface area contributed by atoms with E-state index in [1.165, 1.54) is 12.0 Å². The highest BCUT2D eigenvalue weighted by Crippen LogP contribution is 2.25. The zero-order chi connectivity index (χ0) is 24.1. The summed E-state index contributed by atoms with van der Waals surface area (Å²) < 4.78 is 12.0. The minimum Gasteiger partial charge on any atom is -0.394 e. The lowest BCUT2D eigenvalue weighted by atomic mass is 10.2. The first-order chi connectivity index (χ1) is 16.0. The minimum absolute atomic E-state index is 0.0505. The van der Waals surface area contributed by atoms with Crippen LogP contribution in [0.15, 0.2) is 30.5 Å². The number of fused-ring (bicyclic) bond motifs is 1. The molecule has 0 radical (unpaired) electrons. The molecule has 11 heteroatoms. The predicted molar refractivity (Wildman–Crippen MR) is 119 cm³/mol. The summed E-state index contributed by atoms with van der Waals surface area (Å²) in [6.07, 6.45) is 3.13. The Labute approximate surface area is 193 Å². The van der Waals surface area contributed by atoms with Crippen LogP contribution in [0.5, 0.6) is 5.75 Å². The van der Waals surface area contributed by atoms with Crippen LogP contribution >= 0.6 is 0 Å². The highest BCUT2D eigenvalue weighted by atomic mass is 16.7. The van der Waals surface area contributed by atoms with Gasteiger partial charge < -0.3 is 24.3 Å². The molecule has 1 N–H and O–H groups in total. The van der Waals surface area contributed by atoms with Gasteiger partial charge >= 0.3 is 0 Å². The van der Waals surface area contributed by atoms with Gasteiger partial charge in [-0.1, -0.05) is 23.4 Å². The van der Waals surface area contributed by atoms with Gasteiger partial charge in [0.1, 0.15) is 0 Å². The number of hydrogen-bond acceptors (Lipinski definition) is 8. The van der Waals surface area contributed by atoms with Gasteiger partial charge in [-0.25, -0.2) is 4.68 Å². The zero-order valence-electron chi connectivity index (χ0n) is 19.4. The van der Waals surface area contributed by atoms with Crippen molar-refractivity contribution in [2.75, 3.05) is 40.1 Å². The second-order valence-electron chi connectivity index (χ2n) is 7.45. The van der Waals surface area contributed by atoms with E-state index in [4.69, 9.17) is 19.4 Å². The van der Waals surface area contributed by atoms with Crippen LogP contribution < -0.4 is 4.84 Å². The smallest absolute Gasteiger partial charge is 0.242 e. The summed E-state index contributed by atoms with van der Waals surface area (Å²) in [5, 5.41) is 18.5. The van der Waals surface area contributed by atoms with Gasteiger partial charge in [0.2, 0.25) is 12.3 Å². The van der Waals surface area contributed by atoms with E-state index in [0.29, 0.717) is 52.3 Å². The quantitative estimate of drug-likeness (QED) is 0.360. The van der Waals surface area contributed by atoms with Crippen molar-refractivity contribution in [1.82, 2.24) is 25.0 Å². The van der Waals surface area contributed by atoms with Crippen molar-refractivity contribution >= 4 is 12.3 Å². The molecule has 2 amide bonds. The van der Waals surface area contributed by atoms with Gasteiger partial charge in [-0.15, -0.1) is 5.10 Å². The summed E-state index contributed by atoms with van der Waals surface area (Å²) in [6, 6.07) is 7.41. The molecule has 1 unspecified atom stereocenters. The molecule has 2 aromatic rings. The third kappa shape index (κ3) is 8.79. The molecule has 2 heterocycles. The van der Waals surface area contributed by atoms with Gasteiger partial charge in [0, 0.05) is 38.8 Å². The van der Waals surface area contributed by atoms with E-state index >= 15 is 0 Å². The molecule has 3 rings (SSSR count). The van der Waals surface area contributed by atoms with Crippen molar-refractivity contribution in [3.8, 4) is 5.75 Å². The number of rotatable bonds is 12. The number of para-hydroxylation sites is 1. The monoisotopic (exact) mass is 463 g/mol. The number of ether oxygens (including phenoxy) is 2. The molecule has 11 nitrogen and oxygen atoms in total. The van der Waals surface area contributed by atoms with E-state index in [0.717, 1.165) is 17.0 Å². The minimum atomic E-state index is -0.193. The molecule has 0 saturated carbocycles. The van der Waals surface area contributed by atoms with Crippen LogP contribution in [0.2, 0.25) is 0 Å². The number of carbonyl (C=O) groups excluding carboxylic acids is 2. The van der Waals surface area contributed by atoms with Gasteiger partial charge in [0.25, 0.3) is 0 Å². The molecule has 1 aromatic carbocycles. The zero-order valence-corrected chi connectivity index (χ0v) is 19.4. The van der Waals surface area contributed by atoms with Gasteiger partial charge in [-0.2, -0.15) is 5.06 Å². The summed E-state index contributed by atoms with van der Waals surface area (Å²) in [5.41, 5.74) is 1.87. The number of nitrogens with zero attached hydrogens (tertiary/aromatic N) is 5. The van der Waals surface area contributed by atoms with E-state index in [2.05, 4.69) is 10.3 Å². The van der Waals surface area contributed by atoms with Gasteiger partial charge in [-0.3, -0.25) is 9.59 Å². The molecule has 0 aliphatic carbocycles. The number of carbonyl (C=O) groups is 2.